The first kappa shape index (κ1) is 26.7. The third-order valence-electron chi connectivity index (χ3n) is 6.03. The third kappa shape index (κ3) is 5.65. The normalized spacial score (nSPS) is 21.2. The van der Waals surface area contributed by atoms with Gasteiger partial charge in [-0.2, -0.15) is 26.3 Å². The molecule has 1 aliphatic rings. The van der Waals surface area contributed by atoms with Gasteiger partial charge in [0.25, 0.3) is 11.8 Å². The number of anilines is 1. The van der Waals surface area contributed by atoms with E-state index in [0.29, 0.717) is 30.9 Å². The van der Waals surface area contributed by atoms with Gasteiger partial charge in [0.1, 0.15) is 5.56 Å². The molecule has 37 heavy (non-hydrogen) atoms. The first-order valence-electron chi connectivity index (χ1n) is 11.5. The van der Waals surface area contributed by atoms with Crippen molar-refractivity contribution in [2.45, 2.75) is 69.7 Å². The van der Waals surface area contributed by atoms with Gasteiger partial charge < -0.3 is 19.6 Å². The van der Waals surface area contributed by atoms with E-state index in [1.165, 1.54) is 0 Å². The summed E-state index contributed by atoms with van der Waals surface area (Å²) in [7, 11) is 0. The number of nitrogens with zero attached hydrogens (tertiary/aromatic N) is 3. The molecule has 4 rings (SSSR count). The van der Waals surface area contributed by atoms with Gasteiger partial charge in [0.15, 0.2) is 5.69 Å². The first-order chi connectivity index (χ1) is 17.4. The number of hydrogen-bond acceptors (Lipinski definition) is 7. The number of hydrogen-bond donors (Lipinski definition) is 1. The maximum absolute atomic E-state index is 14.6. The Morgan fingerprint density at radius 1 is 1.05 bits per heavy atom. The van der Waals surface area contributed by atoms with Gasteiger partial charge in [-0.25, -0.2) is 4.98 Å². The summed E-state index contributed by atoms with van der Waals surface area (Å²) in [5, 5.41) is 7.24. The lowest BCUT2D eigenvalue weighted by atomic mass is 9.94. The molecule has 0 aliphatic carbocycles. The highest BCUT2D eigenvalue weighted by Gasteiger charge is 2.61. The molecule has 3 heterocycles. The van der Waals surface area contributed by atoms with Crippen LogP contribution in [0.2, 0.25) is 0 Å². The van der Waals surface area contributed by atoms with E-state index in [0.717, 1.165) is 0 Å². The molecule has 0 radical (unpaired) electrons. The maximum atomic E-state index is 14.6. The molecular formula is C24H24F6N4O3. The van der Waals surface area contributed by atoms with Gasteiger partial charge in [-0.1, -0.05) is 36.8 Å². The predicted octanol–water partition coefficient (Wildman–Crippen LogP) is 6.44. The maximum Gasteiger partial charge on any atom is 0.426 e. The average Bonchev–Trinajstić information content (AvgIpc) is 3.30. The fourth-order valence-corrected chi connectivity index (χ4v) is 4.06. The SMILES string of the molecule is C[C@@H]1CCCCC[C@](OCc2ccccc2)(C(F)(F)F)c2nnc(o2)-c2nc(c(C(F)(F)F)cc2N)O1. The Bertz CT molecular complexity index is 1220. The van der Waals surface area contributed by atoms with Crippen LogP contribution in [0.3, 0.4) is 0 Å². The molecule has 13 heteroatoms. The van der Waals surface area contributed by atoms with Crippen LogP contribution in [0, 0.1) is 0 Å². The van der Waals surface area contributed by atoms with Crippen molar-refractivity contribution in [3.8, 4) is 17.5 Å². The summed E-state index contributed by atoms with van der Waals surface area (Å²) >= 11 is 0. The zero-order valence-electron chi connectivity index (χ0n) is 19.7. The monoisotopic (exact) mass is 530 g/mol. The standard InChI is InChI=1S/C24H24F6N4O3/c1-14-8-4-3-7-11-22(24(28,29)30,35-13-15-9-5-2-6-10-15)21-34-33-20(37-21)18-17(31)12-16(23(25,26)27)19(32-18)36-14/h2,5-6,9-10,12,14H,3-4,7-8,11,13,31H2,1H3/t14-,22-/m1/s1. The number of pyridine rings is 1. The Hall–Kier alpha value is -3.35. The minimum atomic E-state index is -4.96. The highest BCUT2D eigenvalue weighted by Crippen LogP contribution is 2.47. The van der Waals surface area contributed by atoms with Crippen LogP contribution in [-0.4, -0.2) is 27.5 Å². The van der Waals surface area contributed by atoms with Gasteiger partial charge in [0.2, 0.25) is 11.5 Å². The van der Waals surface area contributed by atoms with E-state index < -0.39 is 71.7 Å². The van der Waals surface area contributed by atoms with Crippen molar-refractivity contribution >= 4 is 5.69 Å². The van der Waals surface area contributed by atoms with Crippen molar-refractivity contribution in [1.82, 2.24) is 15.2 Å². The zero-order valence-corrected chi connectivity index (χ0v) is 19.7. The van der Waals surface area contributed by atoms with E-state index in [-0.39, 0.29) is 6.42 Å². The number of rotatable bonds is 3. The zero-order chi connectivity index (χ0) is 26.8. The molecule has 0 amide bonds. The average molecular weight is 530 g/mol. The molecule has 2 aromatic heterocycles. The van der Waals surface area contributed by atoms with Crippen LogP contribution in [-0.2, 0) is 23.1 Å². The first-order valence-corrected chi connectivity index (χ1v) is 11.5. The van der Waals surface area contributed by atoms with E-state index in [1.54, 1.807) is 37.3 Å². The number of fused-ring (bicyclic) bond motifs is 5. The smallest absolute Gasteiger partial charge is 0.426 e. The molecule has 0 fully saturated rings. The predicted molar refractivity (Wildman–Crippen MR) is 119 cm³/mol. The van der Waals surface area contributed by atoms with Crippen molar-refractivity contribution in [3.63, 3.8) is 0 Å². The Morgan fingerprint density at radius 2 is 1.78 bits per heavy atom. The quantitative estimate of drug-likeness (QED) is 0.390. The van der Waals surface area contributed by atoms with Crippen molar-refractivity contribution in [3.05, 3.63) is 53.4 Å². The van der Waals surface area contributed by atoms with Gasteiger partial charge in [-0.05, 0) is 44.2 Å². The molecule has 0 unspecified atom stereocenters. The van der Waals surface area contributed by atoms with Crippen molar-refractivity contribution in [1.29, 1.82) is 0 Å². The molecule has 200 valence electrons. The largest absolute Gasteiger partial charge is 0.474 e. The van der Waals surface area contributed by atoms with E-state index in [4.69, 9.17) is 19.6 Å². The van der Waals surface area contributed by atoms with Crippen LogP contribution in [0.25, 0.3) is 11.6 Å². The summed E-state index contributed by atoms with van der Waals surface area (Å²) in [6.07, 6.45) is -9.92. The van der Waals surface area contributed by atoms with Gasteiger partial charge in [-0.3, -0.25) is 0 Å². The Kier molecular flexibility index (Phi) is 7.36. The van der Waals surface area contributed by atoms with Crippen LogP contribution in [0.4, 0.5) is 32.0 Å². The van der Waals surface area contributed by atoms with Gasteiger partial charge >= 0.3 is 12.4 Å². The fraction of sp³-hybridized carbons (Fsp3) is 0.458. The number of alkyl halides is 6. The summed E-state index contributed by atoms with van der Waals surface area (Å²) in [4.78, 5) is 3.84. The second-order valence-electron chi connectivity index (χ2n) is 8.82. The van der Waals surface area contributed by atoms with Crippen molar-refractivity contribution < 1.29 is 40.2 Å². The number of ether oxygens (including phenoxy) is 2. The van der Waals surface area contributed by atoms with E-state index in [1.807, 2.05) is 0 Å². The molecule has 2 N–H and O–H groups in total. The molecule has 0 saturated carbocycles. The Morgan fingerprint density at radius 3 is 2.46 bits per heavy atom. The topological polar surface area (TPSA) is 96.3 Å². The number of halogens is 6. The molecular weight excluding hydrogens is 506 g/mol. The van der Waals surface area contributed by atoms with E-state index in [2.05, 4.69) is 15.2 Å². The van der Waals surface area contributed by atoms with Crippen LogP contribution < -0.4 is 10.5 Å². The summed E-state index contributed by atoms with van der Waals surface area (Å²) in [6.45, 7) is 1.16. The number of nitrogens with two attached hydrogens (primary N) is 1. The molecule has 2 atom stereocenters. The van der Waals surface area contributed by atoms with Gasteiger partial charge in [-0.15, -0.1) is 10.2 Å². The van der Waals surface area contributed by atoms with Gasteiger partial charge in [0, 0.05) is 0 Å². The summed E-state index contributed by atoms with van der Waals surface area (Å²) in [5.41, 5.74) is 1.17. The van der Waals surface area contributed by atoms with E-state index >= 15 is 0 Å². The number of benzene rings is 1. The highest BCUT2D eigenvalue weighted by atomic mass is 19.4. The second-order valence-corrected chi connectivity index (χ2v) is 8.82. The van der Waals surface area contributed by atoms with Gasteiger partial charge in [0.05, 0.1) is 18.4 Å². The van der Waals surface area contributed by atoms with Crippen molar-refractivity contribution in [2.75, 3.05) is 5.73 Å². The van der Waals surface area contributed by atoms with Crippen molar-refractivity contribution in [2.24, 2.45) is 0 Å². The Labute approximate surface area is 208 Å². The molecule has 0 spiro atoms. The minimum Gasteiger partial charge on any atom is -0.474 e. The number of aromatic nitrogens is 3. The fourth-order valence-electron chi connectivity index (χ4n) is 4.06. The molecule has 3 aromatic rings. The third-order valence-corrected chi connectivity index (χ3v) is 6.03. The van der Waals surface area contributed by atoms with Crippen LogP contribution in [0.1, 0.15) is 56.0 Å². The molecule has 1 aromatic carbocycles. The lowest BCUT2D eigenvalue weighted by molar-refractivity contribution is -0.300. The lowest BCUT2D eigenvalue weighted by Gasteiger charge is -2.32. The lowest BCUT2D eigenvalue weighted by Crippen LogP contribution is -2.45. The van der Waals surface area contributed by atoms with Crippen LogP contribution in [0.15, 0.2) is 40.8 Å². The summed E-state index contributed by atoms with van der Waals surface area (Å²) in [5.74, 6) is -2.25. The Balaban J connectivity index is 1.83. The van der Waals surface area contributed by atoms with E-state index in [9.17, 15) is 26.3 Å². The minimum absolute atomic E-state index is 0.0677. The van der Waals surface area contributed by atoms with Crippen LogP contribution in [0.5, 0.6) is 5.88 Å². The highest BCUT2D eigenvalue weighted by molar-refractivity contribution is 5.68. The summed E-state index contributed by atoms with van der Waals surface area (Å²) in [6, 6.07) is 8.86. The van der Waals surface area contributed by atoms with Crippen LogP contribution >= 0.6 is 0 Å². The summed E-state index contributed by atoms with van der Waals surface area (Å²) < 4.78 is 101. The number of nitrogen functional groups attached to an aromatic ring is 1. The molecule has 7 nitrogen and oxygen atoms in total. The molecule has 1 aliphatic heterocycles. The molecule has 0 saturated heterocycles. The second kappa shape index (κ2) is 10.2. The molecule has 4 bridgehead atoms.